The lowest BCUT2D eigenvalue weighted by atomic mass is 9.90. The van der Waals surface area contributed by atoms with Gasteiger partial charge in [0.15, 0.2) is 0 Å². The van der Waals surface area contributed by atoms with Crippen molar-refractivity contribution in [2.45, 2.75) is 40.2 Å². The fourth-order valence-corrected chi connectivity index (χ4v) is 0.847. The molecule has 1 heteroatoms. The van der Waals surface area contributed by atoms with Gasteiger partial charge in [0.1, 0.15) is 0 Å². The van der Waals surface area contributed by atoms with Crippen LogP contribution in [0.25, 0.3) is 0 Å². The van der Waals surface area contributed by atoms with E-state index in [0.29, 0.717) is 11.8 Å². The Morgan fingerprint density at radius 3 is 1.78 bits per heavy atom. The predicted molar refractivity (Wildman–Crippen MR) is 40.3 cm³/mol. The Balaban J connectivity index is 3.58. The average Bonchev–Trinajstić information content (AvgIpc) is 1.84. The summed E-state index contributed by atoms with van der Waals surface area (Å²) >= 11 is 0. The van der Waals surface area contributed by atoms with Crippen molar-refractivity contribution in [3.05, 3.63) is 0 Å². The summed E-state index contributed by atoms with van der Waals surface area (Å²) in [4.78, 5) is 0. The van der Waals surface area contributed by atoms with Gasteiger partial charge >= 0.3 is 0 Å². The summed E-state index contributed by atoms with van der Waals surface area (Å²) < 4.78 is 0. The van der Waals surface area contributed by atoms with E-state index in [9.17, 15) is 0 Å². The van der Waals surface area contributed by atoms with Gasteiger partial charge in [0.05, 0.1) is 6.10 Å². The van der Waals surface area contributed by atoms with Gasteiger partial charge in [0.2, 0.25) is 0 Å². The summed E-state index contributed by atoms with van der Waals surface area (Å²) in [6, 6.07) is 0. The SMILES string of the molecule is CCC(C)C(C)C(C)O. The molecule has 0 aromatic heterocycles. The van der Waals surface area contributed by atoms with E-state index in [0.717, 1.165) is 6.42 Å². The molecule has 0 amide bonds. The van der Waals surface area contributed by atoms with Crippen LogP contribution in [0.3, 0.4) is 0 Å². The van der Waals surface area contributed by atoms with Gasteiger partial charge < -0.3 is 5.11 Å². The van der Waals surface area contributed by atoms with Crippen molar-refractivity contribution in [1.82, 2.24) is 0 Å². The van der Waals surface area contributed by atoms with Crippen LogP contribution in [-0.4, -0.2) is 11.2 Å². The van der Waals surface area contributed by atoms with Crippen LogP contribution in [0.4, 0.5) is 0 Å². The van der Waals surface area contributed by atoms with Gasteiger partial charge in [0.25, 0.3) is 0 Å². The molecule has 0 saturated carbocycles. The molecule has 1 nitrogen and oxygen atoms in total. The first-order chi connectivity index (χ1) is 4.09. The lowest BCUT2D eigenvalue weighted by Crippen LogP contribution is -2.19. The molecule has 0 bridgehead atoms. The van der Waals surface area contributed by atoms with Gasteiger partial charge in [-0.3, -0.25) is 0 Å². The summed E-state index contributed by atoms with van der Waals surface area (Å²) in [5.41, 5.74) is 0. The maximum atomic E-state index is 9.12. The molecule has 1 N–H and O–H groups in total. The minimum atomic E-state index is -0.153. The summed E-state index contributed by atoms with van der Waals surface area (Å²) in [6.07, 6.45) is 1.01. The molecular formula is C8H18O. The number of aliphatic hydroxyl groups excluding tert-OH is 1. The first kappa shape index (κ1) is 8.96. The number of hydrogen-bond donors (Lipinski definition) is 1. The fraction of sp³-hybridized carbons (Fsp3) is 1.00. The minimum Gasteiger partial charge on any atom is -0.393 e. The molecule has 3 unspecified atom stereocenters. The summed E-state index contributed by atoms with van der Waals surface area (Å²) in [7, 11) is 0. The number of hydrogen-bond acceptors (Lipinski definition) is 1. The topological polar surface area (TPSA) is 20.2 Å². The van der Waals surface area contributed by atoms with Gasteiger partial charge in [-0.2, -0.15) is 0 Å². The molecule has 0 fully saturated rings. The Morgan fingerprint density at radius 1 is 1.22 bits per heavy atom. The van der Waals surface area contributed by atoms with E-state index in [4.69, 9.17) is 5.11 Å². The standard InChI is InChI=1S/C8H18O/c1-5-6(2)7(3)8(4)9/h6-9H,5H2,1-4H3. The second-order valence-electron chi connectivity index (χ2n) is 2.99. The number of rotatable bonds is 3. The van der Waals surface area contributed by atoms with Crippen LogP contribution >= 0.6 is 0 Å². The van der Waals surface area contributed by atoms with Crippen LogP contribution in [0.1, 0.15) is 34.1 Å². The van der Waals surface area contributed by atoms with Crippen molar-refractivity contribution in [2.75, 3.05) is 0 Å². The van der Waals surface area contributed by atoms with Gasteiger partial charge in [-0.15, -0.1) is 0 Å². The summed E-state index contributed by atoms with van der Waals surface area (Å²) in [6.45, 7) is 8.29. The van der Waals surface area contributed by atoms with Crippen LogP contribution in [0.15, 0.2) is 0 Å². The van der Waals surface area contributed by atoms with Crippen molar-refractivity contribution in [1.29, 1.82) is 0 Å². The summed E-state index contributed by atoms with van der Waals surface area (Å²) in [5, 5.41) is 9.12. The van der Waals surface area contributed by atoms with Crippen molar-refractivity contribution >= 4 is 0 Å². The third kappa shape index (κ3) is 2.85. The van der Waals surface area contributed by atoms with Gasteiger partial charge in [-0.05, 0) is 18.8 Å². The van der Waals surface area contributed by atoms with Crippen LogP contribution in [0, 0.1) is 11.8 Å². The Hall–Kier alpha value is -0.0400. The molecule has 0 radical (unpaired) electrons. The molecule has 0 aromatic carbocycles. The molecule has 0 heterocycles. The molecule has 0 aliphatic heterocycles. The monoisotopic (exact) mass is 130 g/mol. The highest BCUT2D eigenvalue weighted by molar-refractivity contribution is 4.64. The first-order valence-electron chi connectivity index (χ1n) is 3.77. The van der Waals surface area contributed by atoms with Crippen molar-refractivity contribution in [3.63, 3.8) is 0 Å². The van der Waals surface area contributed by atoms with E-state index >= 15 is 0 Å². The first-order valence-corrected chi connectivity index (χ1v) is 3.77. The van der Waals surface area contributed by atoms with E-state index < -0.39 is 0 Å². The van der Waals surface area contributed by atoms with Crippen LogP contribution in [-0.2, 0) is 0 Å². The Bertz CT molecular complexity index is 69.0. The van der Waals surface area contributed by atoms with Crippen LogP contribution in [0.5, 0.6) is 0 Å². The Morgan fingerprint density at radius 2 is 1.67 bits per heavy atom. The fourth-order valence-electron chi connectivity index (χ4n) is 0.847. The van der Waals surface area contributed by atoms with Crippen LogP contribution in [0.2, 0.25) is 0 Å². The third-order valence-electron chi connectivity index (χ3n) is 2.30. The molecule has 56 valence electrons. The molecular weight excluding hydrogens is 112 g/mol. The lowest BCUT2D eigenvalue weighted by Gasteiger charge is -2.20. The molecule has 0 spiro atoms. The second kappa shape index (κ2) is 3.89. The van der Waals surface area contributed by atoms with E-state index in [1.165, 1.54) is 0 Å². The predicted octanol–water partition coefficient (Wildman–Crippen LogP) is 2.05. The third-order valence-corrected chi connectivity index (χ3v) is 2.30. The van der Waals surface area contributed by atoms with Gasteiger partial charge in [-0.1, -0.05) is 27.2 Å². The molecule has 0 rings (SSSR count). The summed E-state index contributed by atoms with van der Waals surface area (Å²) in [5.74, 6) is 1.08. The van der Waals surface area contributed by atoms with E-state index in [1.807, 2.05) is 6.92 Å². The number of aliphatic hydroxyl groups is 1. The lowest BCUT2D eigenvalue weighted by molar-refractivity contribution is 0.102. The average molecular weight is 130 g/mol. The minimum absolute atomic E-state index is 0.153. The zero-order valence-electron chi connectivity index (χ0n) is 6.89. The maximum absolute atomic E-state index is 9.12. The van der Waals surface area contributed by atoms with Gasteiger partial charge in [-0.25, -0.2) is 0 Å². The van der Waals surface area contributed by atoms with E-state index in [1.54, 1.807) is 0 Å². The smallest absolute Gasteiger partial charge is 0.0540 e. The normalized spacial score (nSPS) is 21.0. The zero-order valence-corrected chi connectivity index (χ0v) is 6.89. The molecule has 0 aliphatic rings. The maximum Gasteiger partial charge on any atom is 0.0540 e. The van der Waals surface area contributed by atoms with Crippen molar-refractivity contribution in [3.8, 4) is 0 Å². The van der Waals surface area contributed by atoms with Crippen LogP contribution < -0.4 is 0 Å². The Labute approximate surface area is 58.1 Å². The molecule has 3 atom stereocenters. The van der Waals surface area contributed by atoms with E-state index in [-0.39, 0.29) is 6.10 Å². The second-order valence-corrected chi connectivity index (χ2v) is 2.99. The molecule has 0 aliphatic carbocycles. The highest BCUT2D eigenvalue weighted by atomic mass is 16.3. The zero-order chi connectivity index (χ0) is 7.44. The molecule has 9 heavy (non-hydrogen) atoms. The van der Waals surface area contributed by atoms with E-state index in [2.05, 4.69) is 20.8 Å². The molecule has 0 saturated heterocycles. The van der Waals surface area contributed by atoms with Crippen molar-refractivity contribution in [2.24, 2.45) is 11.8 Å². The van der Waals surface area contributed by atoms with Crippen molar-refractivity contribution < 1.29 is 5.11 Å². The van der Waals surface area contributed by atoms with Gasteiger partial charge in [0, 0.05) is 0 Å². The largest absolute Gasteiger partial charge is 0.393 e. The Kier molecular flexibility index (Phi) is 3.87. The molecule has 0 aromatic rings. The quantitative estimate of drug-likeness (QED) is 0.620. The highest BCUT2D eigenvalue weighted by Gasteiger charge is 2.14. The highest BCUT2D eigenvalue weighted by Crippen LogP contribution is 2.17.